The summed E-state index contributed by atoms with van der Waals surface area (Å²) >= 11 is 0. The van der Waals surface area contributed by atoms with Gasteiger partial charge in [0.1, 0.15) is 0 Å². The SMILES string of the molecule is COc1ccc(CCCNC(=O)C2CCN(S(=O)(=O)c3ccc(C)cc3)CC2)cc1OC. The standard InChI is InChI=1S/C24H32N2O5S/c1-18-6-9-21(10-7-18)32(28,29)26-15-12-20(13-16-26)24(27)25-14-4-5-19-8-11-22(30-2)23(17-19)31-3/h6-11,17,20H,4-5,12-16H2,1-3H3,(H,25,27). The van der Waals surface area contributed by atoms with Gasteiger partial charge in [0.25, 0.3) is 0 Å². The molecule has 1 saturated heterocycles. The third-order valence-electron chi connectivity index (χ3n) is 5.87. The molecule has 1 fully saturated rings. The zero-order valence-electron chi connectivity index (χ0n) is 19.0. The van der Waals surface area contributed by atoms with Crippen molar-refractivity contribution in [1.82, 2.24) is 9.62 Å². The number of nitrogens with zero attached hydrogens (tertiary/aromatic N) is 1. The molecule has 2 aromatic carbocycles. The van der Waals surface area contributed by atoms with Gasteiger partial charge in [0.2, 0.25) is 15.9 Å². The first-order chi connectivity index (χ1) is 15.3. The van der Waals surface area contributed by atoms with Gasteiger partial charge in [-0.2, -0.15) is 4.31 Å². The molecule has 0 aromatic heterocycles. The van der Waals surface area contributed by atoms with Crippen molar-refractivity contribution in [3.8, 4) is 11.5 Å². The van der Waals surface area contributed by atoms with Gasteiger partial charge >= 0.3 is 0 Å². The van der Waals surface area contributed by atoms with Gasteiger partial charge in [0, 0.05) is 25.6 Å². The molecule has 1 amide bonds. The molecule has 1 heterocycles. The van der Waals surface area contributed by atoms with Crippen LogP contribution in [0.1, 0.15) is 30.4 Å². The maximum Gasteiger partial charge on any atom is 0.243 e. The smallest absolute Gasteiger partial charge is 0.243 e. The highest BCUT2D eigenvalue weighted by Crippen LogP contribution is 2.28. The second kappa shape index (κ2) is 10.8. The summed E-state index contributed by atoms with van der Waals surface area (Å²) in [4.78, 5) is 12.8. The van der Waals surface area contributed by atoms with Gasteiger partial charge in [-0.1, -0.05) is 23.8 Å². The molecule has 1 aliphatic heterocycles. The molecular formula is C24H32N2O5S. The Kier molecular flexibility index (Phi) is 8.15. The van der Waals surface area contributed by atoms with Crippen molar-refractivity contribution in [2.75, 3.05) is 33.9 Å². The van der Waals surface area contributed by atoms with Gasteiger partial charge in [-0.3, -0.25) is 4.79 Å². The van der Waals surface area contributed by atoms with Crippen LogP contribution in [0.15, 0.2) is 47.4 Å². The molecule has 32 heavy (non-hydrogen) atoms. The van der Waals surface area contributed by atoms with Crippen LogP contribution in [0.3, 0.4) is 0 Å². The molecule has 1 N–H and O–H groups in total. The predicted molar refractivity (Wildman–Crippen MR) is 124 cm³/mol. The number of sulfonamides is 1. The van der Waals surface area contributed by atoms with Crippen LogP contribution in [-0.2, 0) is 21.2 Å². The van der Waals surface area contributed by atoms with Crippen LogP contribution >= 0.6 is 0 Å². The Labute approximate surface area is 190 Å². The van der Waals surface area contributed by atoms with Crippen LogP contribution in [0.25, 0.3) is 0 Å². The second-order valence-electron chi connectivity index (χ2n) is 8.08. The maximum atomic E-state index is 12.8. The van der Waals surface area contributed by atoms with Crippen molar-refractivity contribution in [2.45, 2.75) is 37.5 Å². The molecule has 174 valence electrons. The summed E-state index contributed by atoms with van der Waals surface area (Å²) in [5.41, 5.74) is 2.14. The molecule has 7 nitrogen and oxygen atoms in total. The highest BCUT2D eigenvalue weighted by Gasteiger charge is 2.31. The van der Waals surface area contributed by atoms with Gasteiger partial charge < -0.3 is 14.8 Å². The summed E-state index contributed by atoms with van der Waals surface area (Å²) in [7, 11) is -0.291. The van der Waals surface area contributed by atoms with Crippen LogP contribution in [0.5, 0.6) is 11.5 Å². The molecule has 2 aromatic rings. The Hall–Kier alpha value is -2.58. The Bertz CT molecular complexity index is 1010. The first-order valence-corrected chi connectivity index (χ1v) is 12.3. The van der Waals surface area contributed by atoms with Crippen LogP contribution in [0.2, 0.25) is 0 Å². The number of hydrogen-bond donors (Lipinski definition) is 1. The molecule has 0 radical (unpaired) electrons. The minimum atomic E-state index is -3.51. The van der Waals surface area contributed by atoms with E-state index in [1.807, 2.05) is 25.1 Å². The first-order valence-electron chi connectivity index (χ1n) is 10.9. The van der Waals surface area contributed by atoms with E-state index in [1.54, 1.807) is 38.5 Å². The molecule has 0 bridgehead atoms. The zero-order chi connectivity index (χ0) is 23.1. The van der Waals surface area contributed by atoms with E-state index in [4.69, 9.17) is 9.47 Å². The number of piperidine rings is 1. The lowest BCUT2D eigenvalue weighted by atomic mass is 9.97. The quantitative estimate of drug-likeness (QED) is 0.581. The van der Waals surface area contributed by atoms with Crippen LogP contribution in [0, 0.1) is 12.8 Å². The summed E-state index contributed by atoms with van der Waals surface area (Å²) in [6, 6.07) is 12.7. The number of hydrogen-bond acceptors (Lipinski definition) is 5. The number of methoxy groups -OCH3 is 2. The summed E-state index contributed by atoms with van der Waals surface area (Å²) < 4.78 is 37.7. The van der Waals surface area contributed by atoms with Crippen LogP contribution < -0.4 is 14.8 Å². The third-order valence-corrected chi connectivity index (χ3v) is 7.79. The fourth-order valence-electron chi connectivity index (χ4n) is 3.90. The van der Waals surface area contributed by atoms with Crippen molar-refractivity contribution in [3.05, 3.63) is 53.6 Å². The number of rotatable bonds is 9. The van der Waals surface area contributed by atoms with Gasteiger partial charge in [-0.25, -0.2) is 8.42 Å². The third kappa shape index (κ3) is 5.81. The number of ether oxygens (including phenoxy) is 2. The lowest BCUT2D eigenvalue weighted by Gasteiger charge is -2.30. The van der Waals surface area contributed by atoms with Gasteiger partial charge in [-0.05, 0) is 62.4 Å². The topological polar surface area (TPSA) is 84.9 Å². The Balaban J connectivity index is 1.43. The zero-order valence-corrected chi connectivity index (χ0v) is 19.8. The monoisotopic (exact) mass is 460 g/mol. The summed E-state index contributed by atoms with van der Waals surface area (Å²) in [5.74, 6) is 1.24. The van der Waals surface area contributed by atoms with E-state index in [0.717, 1.165) is 24.0 Å². The van der Waals surface area contributed by atoms with E-state index in [1.165, 1.54) is 4.31 Å². The van der Waals surface area contributed by atoms with E-state index >= 15 is 0 Å². The first kappa shape index (κ1) is 24.1. The Morgan fingerprint density at radius 3 is 2.31 bits per heavy atom. The fourth-order valence-corrected chi connectivity index (χ4v) is 5.37. The van der Waals surface area contributed by atoms with E-state index in [-0.39, 0.29) is 11.8 Å². The summed E-state index contributed by atoms with van der Waals surface area (Å²) in [5, 5.41) is 3.00. The average molecular weight is 461 g/mol. The number of carbonyl (C=O) groups excluding carboxylic acids is 1. The van der Waals surface area contributed by atoms with Crippen molar-refractivity contribution >= 4 is 15.9 Å². The molecule has 0 unspecified atom stereocenters. The molecule has 8 heteroatoms. The Morgan fingerprint density at radius 2 is 1.69 bits per heavy atom. The molecule has 3 rings (SSSR count). The van der Waals surface area contributed by atoms with Crippen molar-refractivity contribution in [1.29, 1.82) is 0 Å². The summed E-state index contributed by atoms with van der Waals surface area (Å²) in [6.45, 7) is 3.23. The number of nitrogens with one attached hydrogen (secondary N) is 1. The maximum absolute atomic E-state index is 12.8. The van der Waals surface area contributed by atoms with Crippen molar-refractivity contribution in [2.24, 2.45) is 5.92 Å². The molecule has 0 spiro atoms. The number of amides is 1. The largest absolute Gasteiger partial charge is 0.493 e. The molecule has 1 aliphatic rings. The normalized spacial score (nSPS) is 15.3. The molecule has 0 atom stereocenters. The Morgan fingerprint density at radius 1 is 1.03 bits per heavy atom. The molecular weight excluding hydrogens is 428 g/mol. The van der Waals surface area contributed by atoms with E-state index in [2.05, 4.69) is 5.32 Å². The minimum absolute atomic E-state index is 0.00435. The summed E-state index contributed by atoms with van der Waals surface area (Å²) in [6.07, 6.45) is 2.69. The lowest BCUT2D eigenvalue weighted by molar-refractivity contribution is -0.126. The molecule has 0 saturated carbocycles. The minimum Gasteiger partial charge on any atom is -0.493 e. The highest BCUT2D eigenvalue weighted by atomic mass is 32.2. The van der Waals surface area contributed by atoms with Crippen LogP contribution in [0.4, 0.5) is 0 Å². The van der Waals surface area contributed by atoms with E-state index < -0.39 is 10.0 Å². The van der Waals surface area contributed by atoms with E-state index in [9.17, 15) is 13.2 Å². The lowest BCUT2D eigenvalue weighted by Crippen LogP contribution is -2.43. The number of benzene rings is 2. The number of carbonyl (C=O) groups is 1. The molecule has 0 aliphatic carbocycles. The van der Waals surface area contributed by atoms with Gasteiger partial charge in [0.15, 0.2) is 11.5 Å². The van der Waals surface area contributed by atoms with E-state index in [0.29, 0.717) is 48.9 Å². The van der Waals surface area contributed by atoms with Gasteiger partial charge in [0.05, 0.1) is 19.1 Å². The average Bonchev–Trinajstić information content (AvgIpc) is 2.81. The van der Waals surface area contributed by atoms with Crippen molar-refractivity contribution in [3.63, 3.8) is 0 Å². The number of aryl methyl sites for hydroxylation is 2. The predicted octanol–water partition coefficient (Wildman–Crippen LogP) is 3.16. The fraction of sp³-hybridized carbons (Fsp3) is 0.458. The highest BCUT2D eigenvalue weighted by molar-refractivity contribution is 7.89. The second-order valence-corrected chi connectivity index (χ2v) is 10.0. The van der Waals surface area contributed by atoms with Crippen molar-refractivity contribution < 1.29 is 22.7 Å². The van der Waals surface area contributed by atoms with Gasteiger partial charge in [-0.15, -0.1) is 0 Å². The van der Waals surface area contributed by atoms with Crippen LogP contribution in [-0.4, -0.2) is 52.5 Å².